The smallest absolute Gasteiger partial charge is 0.416 e. The van der Waals surface area contributed by atoms with E-state index in [1.807, 2.05) is 0 Å². The summed E-state index contributed by atoms with van der Waals surface area (Å²) in [6.07, 6.45) is -4.48. The average Bonchev–Trinajstić information content (AvgIpc) is 2.41. The predicted octanol–water partition coefficient (Wildman–Crippen LogP) is 6.07. The molecule has 2 aromatic rings. The summed E-state index contributed by atoms with van der Waals surface area (Å²) in [4.78, 5) is 0. The predicted molar refractivity (Wildman–Crippen MR) is 76.6 cm³/mol. The highest BCUT2D eigenvalue weighted by Gasteiger charge is 2.30. The highest BCUT2D eigenvalue weighted by Crippen LogP contribution is 2.34. The molecule has 0 spiro atoms. The van der Waals surface area contributed by atoms with Crippen LogP contribution in [0, 0.1) is 11.6 Å². The molecule has 0 aliphatic heterocycles. The number of rotatable bonds is 2. The summed E-state index contributed by atoms with van der Waals surface area (Å²) in [5, 5.41) is 0. The zero-order valence-electron chi connectivity index (χ0n) is 12.8. The van der Waals surface area contributed by atoms with E-state index in [2.05, 4.69) is 0 Å². The lowest BCUT2D eigenvalue weighted by Crippen LogP contribution is -2.12. The quantitative estimate of drug-likeness (QED) is 0.607. The van der Waals surface area contributed by atoms with Crippen molar-refractivity contribution in [3.63, 3.8) is 0 Å². The Morgan fingerprint density at radius 3 is 1.65 bits per heavy atom. The summed E-state index contributed by atoms with van der Waals surface area (Å²) < 4.78 is 70.6. The van der Waals surface area contributed by atoms with E-state index in [-0.39, 0.29) is 5.75 Å². The van der Waals surface area contributed by atoms with Crippen molar-refractivity contribution in [1.29, 1.82) is 0 Å². The Hall–Kier alpha value is -2.11. The van der Waals surface area contributed by atoms with Crippen molar-refractivity contribution < 1.29 is 26.7 Å². The Labute approximate surface area is 130 Å². The van der Waals surface area contributed by atoms with E-state index in [9.17, 15) is 22.0 Å². The highest BCUT2D eigenvalue weighted by molar-refractivity contribution is 5.38. The lowest BCUT2D eigenvalue weighted by Gasteiger charge is -2.20. The van der Waals surface area contributed by atoms with Crippen LogP contribution in [0.15, 0.2) is 36.4 Å². The van der Waals surface area contributed by atoms with Crippen molar-refractivity contribution in [3.05, 3.63) is 59.2 Å². The molecule has 0 radical (unpaired) electrons. The van der Waals surface area contributed by atoms with Gasteiger partial charge in [-0.15, -0.1) is 0 Å². The molecule has 0 aliphatic carbocycles. The molecule has 0 heterocycles. The van der Waals surface area contributed by atoms with Crippen molar-refractivity contribution in [2.75, 3.05) is 0 Å². The number of ether oxygens (including phenoxy) is 1. The molecule has 0 amide bonds. The average molecular weight is 330 g/mol. The largest absolute Gasteiger partial charge is 0.451 e. The fourth-order valence-corrected chi connectivity index (χ4v) is 1.92. The minimum atomic E-state index is -4.48. The molecule has 23 heavy (non-hydrogen) atoms. The van der Waals surface area contributed by atoms with Gasteiger partial charge in [-0.05, 0) is 47.4 Å². The van der Waals surface area contributed by atoms with Gasteiger partial charge in [-0.25, -0.2) is 8.78 Å². The number of alkyl halides is 3. The number of halogens is 5. The first kappa shape index (κ1) is 17.2. The molecule has 0 bridgehead atoms. The molecule has 0 saturated carbocycles. The van der Waals surface area contributed by atoms with Gasteiger partial charge in [0.05, 0.1) is 5.56 Å². The van der Waals surface area contributed by atoms with Crippen LogP contribution in [0.5, 0.6) is 11.5 Å². The maximum atomic E-state index is 14.1. The molecule has 0 aliphatic rings. The van der Waals surface area contributed by atoms with Crippen LogP contribution in [0.2, 0.25) is 0 Å². The first-order valence-corrected chi connectivity index (χ1v) is 6.83. The van der Waals surface area contributed by atoms with E-state index >= 15 is 0 Å². The van der Waals surface area contributed by atoms with Gasteiger partial charge < -0.3 is 4.74 Å². The number of hydrogen-bond acceptors (Lipinski definition) is 1. The van der Waals surface area contributed by atoms with Gasteiger partial charge in [-0.3, -0.25) is 0 Å². The molecule has 0 atom stereocenters. The maximum Gasteiger partial charge on any atom is 0.416 e. The summed E-state index contributed by atoms with van der Waals surface area (Å²) in [6, 6.07) is 5.91. The fourth-order valence-electron chi connectivity index (χ4n) is 1.92. The van der Waals surface area contributed by atoms with Crippen LogP contribution in [-0.4, -0.2) is 0 Å². The standard InChI is InChI=1S/C17H15F5O/c1-16(2,3)11-8-13(18)15(14(19)9-11)23-12-6-4-10(5-7-12)17(20,21)22/h4-9H,1-3H3. The molecule has 0 unspecified atom stereocenters. The van der Waals surface area contributed by atoms with Crippen molar-refractivity contribution in [2.24, 2.45) is 0 Å². The number of benzene rings is 2. The minimum absolute atomic E-state index is 0.0840. The SMILES string of the molecule is CC(C)(C)c1cc(F)c(Oc2ccc(C(F)(F)F)cc2)c(F)c1. The summed E-state index contributed by atoms with van der Waals surface area (Å²) in [7, 11) is 0. The normalized spacial score (nSPS) is 12.3. The Morgan fingerprint density at radius 2 is 1.26 bits per heavy atom. The molecule has 0 saturated heterocycles. The Bertz CT molecular complexity index is 673. The highest BCUT2D eigenvalue weighted by atomic mass is 19.4. The van der Waals surface area contributed by atoms with Crippen LogP contribution < -0.4 is 4.74 Å². The van der Waals surface area contributed by atoms with Gasteiger partial charge in [0.25, 0.3) is 0 Å². The van der Waals surface area contributed by atoms with Crippen LogP contribution in [0.3, 0.4) is 0 Å². The number of hydrogen-bond donors (Lipinski definition) is 0. The summed E-state index contributed by atoms with van der Waals surface area (Å²) in [6.45, 7) is 5.41. The van der Waals surface area contributed by atoms with E-state index in [0.717, 1.165) is 36.4 Å². The van der Waals surface area contributed by atoms with E-state index < -0.39 is 34.5 Å². The van der Waals surface area contributed by atoms with Gasteiger partial charge in [-0.2, -0.15) is 13.2 Å². The molecular weight excluding hydrogens is 315 g/mol. The molecule has 2 aromatic carbocycles. The Kier molecular flexibility index (Phi) is 4.37. The zero-order chi connectivity index (χ0) is 17.4. The summed E-state index contributed by atoms with van der Waals surface area (Å²) >= 11 is 0. The minimum Gasteiger partial charge on any atom is -0.451 e. The first-order chi connectivity index (χ1) is 10.5. The van der Waals surface area contributed by atoms with Gasteiger partial charge in [0.2, 0.25) is 0 Å². The Balaban J connectivity index is 2.30. The van der Waals surface area contributed by atoms with Crippen LogP contribution in [0.25, 0.3) is 0 Å². The van der Waals surface area contributed by atoms with Gasteiger partial charge in [0, 0.05) is 0 Å². The van der Waals surface area contributed by atoms with Crippen molar-refractivity contribution in [3.8, 4) is 11.5 Å². The topological polar surface area (TPSA) is 9.23 Å². The first-order valence-electron chi connectivity index (χ1n) is 6.83. The fraction of sp³-hybridized carbons (Fsp3) is 0.294. The van der Waals surface area contributed by atoms with E-state index in [1.54, 1.807) is 20.8 Å². The third kappa shape index (κ3) is 4.00. The summed E-state index contributed by atoms with van der Waals surface area (Å²) in [5.74, 6) is -2.54. The molecule has 0 aromatic heterocycles. The monoisotopic (exact) mass is 330 g/mol. The van der Waals surface area contributed by atoms with Gasteiger partial charge in [0.1, 0.15) is 5.75 Å². The van der Waals surface area contributed by atoms with Gasteiger partial charge in [0.15, 0.2) is 17.4 Å². The lowest BCUT2D eigenvalue weighted by atomic mass is 9.87. The molecule has 6 heteroatoms. The Morgan fingerprint density at radius 1 is 0.783 bits per heavy atom. The van der Waals surface area contributed by atoms with Crippen molar-refractivity contribution in [1.82, 2.24) is 0 Å². The molecule has 0 fully saturated rings. The van der Waals surface area contributed by atoms with Crippen molar-refractivity contribution in [2.45, 2.75) is 32.4 Å². The molecule has 0 N–H and O–H groups in total. The lowest BCUT2D eigenvalue weighted by molar-refractivity contribution is -0.137. The van der Waals surface area contributed by atoms with E-state index in [4.69, 9.17) is 4.74 Å². The van der Waals surface area contributed by atoms with Crippen LogP contribution in [-0.2, 0) is 11.6 Å². The third-order valence-corrected chi connectivity index (χ3v) is 3.27. The molecule has 2 rings (SSSR count). The molecule has 124 valence electrons. The van der Waals surface area contributed by atoms with Gasteiger partial charge in [-0.1, -0.05) is 20.8 Å². The van der Waals surface area contributed by atoms with Crippen molar-refractivity contribution >= 4 is 0 Å². The van der Waals surface area contributed by atoms with Crippen LogP contribution in [0.4, 0.5) is 22.0 Å². The van der Waals surface area contributed by atoms with E-state index in [1.165, 1.54) is 0 Å². The third-order valence-electron chi connectivity index (χ3n) is 3.27. The van der Waals surface area contributed by atoms with E-state index in [0.29, 0.717) is 5.56 Å². The molecule has 1 nitrogen and oxygen atoms in total. The van der Waals surface area contributed by atoms with Crippen LogP contribution >= 0.6 is 0 Å². The second kappa shape index (κ2) is 5.83. The summed E-state index contributed by atoms with van der Waals surface area (Å²) in [5.41, 5.74) is -0.865. The second-order valence-corrected chi connectivity index (χ2v) is 6.14. The van der Waals surface area contributed by atoms with Crippen LogP contribution in [0.1, 0.15) is 31.9 Å². The second-order valence-electron chi connectivity index (χ2n) is 6.14. The molecular formula is C17H15F5O. The maximum absolute atomic E-state index is 14.1. The zero-order valence-corrected chi connectivity index (χ0v) is 12.8. The van der Waals surface area contributed by atoms with Gasteiger partial charge >= 0.3 is 6.18 Å².